The molecule has 1 amide bonds. The van der Waals surface area contributed by atoms with Crippen molar-refractivity contribution in [1.29, 1.82) is 0 Å². The third-order valence-corrected chi connectivity index (χ3v) is 3.14. The molecule has 4 heteroatoms. The van der Waals surface area contributed by atoms with E-state index in [9.17, 15) is 4.79 Å². The summed E-state index contributed by atoms with van der Waals surface area (Å²) in [5, 5.41) is 3.05. The number of imidazole rings is 1. The average molecular weight is 227 g/mol. The van der Waals surface area contributed by atoms with Gasteiger partial charge in [0.15, 0.2) is 5.82 Å². The normalized spacial score (nSPS) is 16.5. The predicted molar refractivity (Wildman–Crippen MR) is 63.4 cm³/mol. The van der Waals surface area contributed by atoms with Crippen LogP contribution < -0.4 is 5.32 Å². The Labute approximate surface area is 99.1 Å². The Morgan fingerprint density at radius 2 is 2.06 bits per heavy atom. The molecule has 1 heterocycles. The monoisotopic (exact) mass is 227 g/mol. The lowest BCUT2D eigenvalue weighted by atomic mass is 10.1. The molecule has 1 saturated carbocycles. The highest BCUT2D eigenvalue weighted by Gasteiger charge is 2.45. The molecule has 0 radical (unpaired) electrons. The van der Waals surface area contributed by atoms with Crippen LogP contribution in [-0.2, 0) is 5.54 Å². The molecule has 1 aliphatic carbocycles. The molecule has 0 spiro atoms. The molecule has 0 bridgehead atoms. The minimum absolute atomic E-state index is 0.142. The van der Waals surface area contributed by atoms with Crippen molar-refractivity contribution in [3.05, 3.63) is 54.1 Å². The molecule has 0 saturated heterocycles. The van der Waals surface area contributed by atoms with Gasteiger partial charge in [-0.05, 0) is 18.4 Å². The van der Waals surface area contributed by atoms with Crippen LogP contribution >= 0.6 is 0 Å². The van der Waals surface area contributed by atoms with E-state index in [0.29, 0.717) is 5.82 Å². The number of H-pyrrole nitrogens is 1. The molecule has 1 aliphatic rings. The zero-order chi connectivity index (χ0) is 11.7. The fraction of sp³-hybridized carbons (Fsp3) is 0.231. The van der Waals surface area contributed by atoms with E-state index in [2.05, 4.69) is 27.4 Å². The summed E-state index contributed by atoms with van der Waals surface area (Å²) < 4.78 is 0. The summed E-state index contributed by atoms with van der Waals surface area (Å²) in [4.78, 5) is 18.7. The van der Waals surface area contributed by atoms with Gasteiger partial charge in [0, 0.05) is 12.4 Å². The van der Waals surface area contributed by atoms with Crippen LogP contribution in [0.4, 0.5) is 0 Å². The molecule has 4 nitrogen and oxygen atoms in total. The van der Waals surface area contributed by atoms with E-state index in [1.807, 2.05) is 18.2 Å². The van der Waals surface area contributed by atoms with Crippen LogP contribution in [0.1, 0.15) is 29.0 Å². The minimum Gasteiger partial charge on any atom is -0.341 e. The lowest BCUT2D eigenvalue weighted by Gasteiger charge is -2.16. The maximum Gasteiger partial charge on any atom is 0.287 e. The van der Waals surface area contributed by atoms with Crippen LogP contribution in [0.15, 0.2) is 42.7 Å². The standard InChI is InChI=1S/C13H13N3O/c17-12(11-14-8-9-15-11)16-13(6-7-13)10-4-2-1-3-5-10/h1-5,8-9H,6-7H2,(H,14,15)(H,16,17). The summed E-state index contributed by atoms with van der Waals surface area (Å²) in [7, 11) is 0. The first kappa shape index (κ1) is 10.1. The number of carbonyl (C=O) groups excluding carboxylic acids is 1. The van der Waals surface area contributed by atoms with Gasteiger partial charge in [0.25, 0.3) is 5.91 Å². The van der Waals surface area contributed by atoms with E-state index in [1.54, 1.807) is 12.4 Å². The zero-order valence-corrected chi connectivity index (χ0v) is 9.31. The highest BCUT2D eigenvalue weighted by Crippen LogP contribution is 2.45. The van der Waals surface area contributed by atoms with Gasteiger partial charge in [0.05, 0.1) is 5.54 Å². The molecular weight excluding hydrogens is 214 g/mol. The number of hydrogen-bond donors (Lipinski definition) is 2. The first-order chi connectivity index (χ1) is 8.30. The van der Waals surface area contributed by atoms with Gasteiger partial charge in [-0.25, -0.2) is 4.98 Å². The number of benzene rings is 1. The van der Waals surface area contributed by atoms with Gasteiger partial charge in [0.1, 0.15) is 0 Å². The minimum atomic E-state index is -0.175. The number of amides is 1. The number of nitrogens with one attached hydrogen (secondary N) is 2. The topological polar surface area (TPSA) is 57.8 Å². The van der Waals surface area contributed by atoms with E-state index in [0.717, 1.165) is 12.8 Å². The molecule has 0 aliphatic heterocycles. The molecule has 0 atom stereocenters. The van der Waals surface area contributed by atoms with Crippen LogP contribution in [0, 0.1) is 0 Å². The van der Waals surface area contributed by atoms with Gasteiger partial charge in [0.2, 0.25) is 0 Å². The van der Waals surface area contributed by atoms with Gasteiger partial charge in [-0.1, -0.05) is 30.3 Å². The molecule has 2 N–H and O–H groups in total. The summed E-state index contributed by atoms with van der Waals surface area (Å²) in [6.07, 6.45) is 5.21. The molecule has 1 aromatic heterocycles. The van der Waals surface area contributed by atoms with Gasteiger partial charge in [-0.15, -0.1) is 0 Å². The van der Waals surface area contributed by atoms with Crippen molar-refractivity contribution in [1.82, 2.24) is 15.3 Å². The fourth-order valence-corrected chi connectivity index (χ4v) is 2.03. The first-order valence-corrected chi connectivity index (χ1v) is 5.68. The maximum absolute atomic E-state index is 11.9. The maximum atomic E-state index is 11.9. The summed E-state index contributed by atoms with van der Waals surface area (Å²) in [5.41, 5.74) is 0.991. The van der Waals surface area contributed by atoms with E-state index in [-0.39, 0.29) is 11.4 Å². The van der Waals surface area contributed by atoms with E-state index in [1.165, 1.54) is 5.56 Å². The van der Waals surface area contributed by atoms with Crippen LogP contribution in [0.2, 0.25) is 0 Å². The highest BCUT2D eigenvalue weighted by molar-refractivity contribution is 5.91. The van der Waals surface area contributed by atoms with E-state index < -0.39 is 0 Å². The van der Waals surface area contributed by atoms with Crippen molar-refractivity contribution in [2.24, 2.45) is 0 Å². The van der Waals surface area contributed by atoms with Crippen molar-refractivity contribution in [2.45, 2.75) is 18.4 Å². The van der Waals surface area contributed by atoms with Crippen molar-refractivity contribution < 1.29 is 4.79 Å². The third-order valence-electron chi connectivity index (χ3n) is 3.14. The zero-order valence-electron chi connectivity index (χ0n) is 9.31. The van der Waals surface area contributed by atoms with Gasteiger partial charge in [-0.2, -0.15) is 0 Å². The second-order valence-corrected chi connectivity index (χ2v) is 4.34. The Balaban J connectivity index is 1.80. The first-order valence-electron chi connectivity index (χ1n) is 5.68. The Morgan fingerprint density at radius 3 is 2.65 bits per heavy atom. The Morgan fingerprint density at radius 1 is 1.29 bits per heavy atom. The van der Waals surface area contributed by atoms with Gasteiger partial charge < -0.3 is 10.3 Å². The second-order valence-electron chi connectivity index (χ2n) is 4.34. The smallest absolute Gasteiger partial charge is 0.287 e. The average Bonchev–Trinajstić information content (AvgIpc) is 2.94. The number of aromatic nitrogens is 2. The number of rotatable bonds is 3. The lowest BCUT2D eigenvalue weighted by Crippen LogP contribution is -2.35. The van der Waals surface area contributed by atoms with Crippen molar-refractivity contribution in [3.8, 4) is 0 Å². The molecule has 1 aromatic carbocycles. The molecule has 86 valence electrons. The molecule has 3 rings (SSSR count). The number of nitrogens with zero attached hydrogens (tertiary/aromatic N) is 1. The SMILES string of the molecule is O=C(NC1(c2ccccc2)CC1)c1ncc[nH]1. The van der Waals surface area contributed by atoms with Crippen LogP contribution in [0.25, 0.3) is 0 Å². The van der Waals surface area contributed by atoms with Crippen LogP contribution in [0.5, 0.6) is 0 Å². The largest absolute Gasteiger partial charge is 0.341 e. The number of hydrogen-bond acceptors (Lipinski definition) is 2. The Kier molecular flexibility index (Phi) is 2.21. The molecule has 1 fully saturated rings. The summed E-state index contributed by atoms with van der Waals surface area (Å²) in [5.74, 6) is 0.226. The van der Waals surface area contributed by atoms with Crippen LogP contribution in [-0.4, -0.2) is 15.9 Å². The van der Waals surface area contributed by atoms with Crippen molar-refractivity contribution in [2.75, 3.05) is 0 Å². The summed E-state index contributed by atoms with van der Waals surface area (Å²) in [6, 6.07) is 10.1. The third kappa shape index (κ3) is 1.82. The predicted octanol–water partition coefficient (Wildman–Crippen LogP) is 1.83. The summed E-state index contributed by atoms with van der Waals surface area (Å²) in [6.45, 7) is 0. The van der Waals surface area contributed by atoms with Gasteiger partial charge in [-0.3, -0.25) is 4.79 Å². The lowest BCUT2D eigenvalue weighted by molar-refractivity contribution is 0.0921. The molecule has 0 unspecified atom stereocenters. The van der Waals surface area contributed by atoms with E-state index >= 15 is 0 Å². The van der Waals surface area contributed by atoms with Crippen LogP contribution in [0.3, 0.4) is 0 Å². The number of aromatic amines is 1. The van der Waals surface area contributed by atoms with Gasteiger partial charge >= 0.3 is 0 Å². The Hall–Kier alpha value is -2.10. The van der Waals surface area contributed by atoms with E-state index in [4.69, 9.17) is 0 Å². The van der Waals surface area contributed by atoms with Crippen molar-refractivity contribution >= 4 is 5.91 Å². The fourth-order valence-electron chi connectivity index (χ4n) is 2.03. The second kappa shape index (κ2) is 3.73. The highest BCUT2D eigenvalue weighted by atomic mass is 16.2. The number of carbonyl (C=O) groups is 1. The molecular formula is C13H13N3O. The molecule has 17 heavy (non-hydrogen) atoms. The van der Waals surface area contributed by atoms with Crippen molar-refractivity contribution in [3.63, 3.8) is 0 Å². The molecule has 2 aromatic rings. The summed E-state index contributed by atoms with van der Waals surface area (Å²) >= 11 is 0. The quantitative estimate of drug-likeness (QED) is 0.840. The Bertz CT molecular complexity index is 515.